The van der Waals surface area contributed by atoms with E-state index in [0.29, 0.717) is 24.5 Å². The molecule has 0 unspecified atom stereocenters. The third kappa shape index (κ3) is 5.48. The van der Waals surface area contributed by atoms with Crippen molar-refractivity contribution >= 4 is 11.9 Å². The molecule has 138 valence electrons. The Balaban J connectivity index is 2.19. The number of carbonyl (C=O) groups is 2. The van der Waals surface area contributed by atoms with Crippen LogP contribution in [0.1, 0.15) is 62.2 Å². The van der Waals surface area contributed by atoms with Gasteiger partial charge in [0.1, 0.15) is 5.75 Å². The molecule has 1 aromatic carbocycles. The number of methoxy groups -OCH3 is 1. The van der Waals surface area contributed by atoms with Gasteiger partial charge in [0.15, 0.2) is 0 Å². The number of para-hydroxylation sites is 1. The van der Waals surface area contributed by atoms with Crippen LogP contribution < -0.4 is 4.74 Å². The van der Waals surface area contributed by atoms with Crippen LogP contribution >= 0.6 is 0 Å². The van der Waals surface area contributed by atoms with Crippen molar-refractivity contribution < 1.29 is 19.1 Å². The maximum absolute atomic E-state index is 13.2. The highest BCUT2D eigenvalue weighted by Gasteiger charge is 2.27. The summed E-state index contributed by atoms with van der Waals surface area (Å²) in [6, 6.07) is 7.45. The molecule has 25 heavy (non-hydrogen) atoms. The summed E-state index contributed by atoms with van der Waals surface area (Å²) >= 11 is 0. The molecular weight excluding hydrogens is 318 g/mol. The van der Waals surface area contributed by atoms with Gasteiger partial charge in [0.2, 0.25) is 0 Å². The largest absolute Gasteiger partial charge is 0.496 e. The Hall–Kier alpha value is -2.04. The SMILES string of the molecule is CCOC(=O)CCN(C(=O)c1ccccc1OC)C1CCCCCC1. The second kappa shape index (κ2) is 10.1. The lowest BCUT2D eigenvalue weighted by molar-refractivity contribution is -0.143. The molecule has 1 aromatic rings. The van der Waals surface area contributed by atoms with Gasteiger partial charge in [-0.15, -0.1) is 0 Å². The molecule has 2 rings (SSSR count). The number of amides is 1. The normalized spacial score (nSPS) is 15.3. The Morgan fingerprint density at radius 3 is 2.44 bits per heavy atom. The van der Waals surface area contributed by atoms with E-state index in [4.69, 9.17) is 9.47 Å². The molecule has 1 aliphatic rings. The number of hydrogen-bond donors (Lipinski definition) is 0. The van der Waals surface area contributed by atoms with Gasteiger partial charge in [-0.1, -0.05) is 37.8 Å². The first kappa shape index (κ1) is 19.3. The van der Waals surface area contributed by atoms with Gasteiger partial charge in [-0.3, -0.25) is 9.59 Å². The average Bonchev–Trinajstić information content (AvgIpc) is 2.91. The maximum Gasteiger partial charge on any atom is 0.307 e. The molecule has 1 aliphatic carbocycles. The van der Waals surface area contributed by atoms with Crippen LogP contribution in [0.2, 0.25) is 0 Å². The monoisotopic (exact) mass is 347 g/mol. The van der Waals surface area contributed by atoms with Crippen molar-refractivity contribution in [3.05, 3.63) is 29.8 Å². The predicted molar refractivity (Wildman–Crippen MR) is 96.8 cm³/mol. The van der Waals surface area contributed by atoms with Gasteiger partial charge in [-0.2, -0.15) is 0 Å². The van der Waals surface area contributed by atoms with E-state index >= 15 is 0 Å². The fourth-order valence-corrected chi connectivity index (χ4v) is 3.44. The van der Waals surface area contributed by atoms with Crippen molar-refractivity contribution in [1.82, 2.24) is 4.90 Å². The summed E-state index contributed by atoms with van der Waals surface area (Å²) < 4.78 is 10.4. The summed E-state index contributed by atoms with van der Waals surface area (Å²) in [4.78, 5) is 26.9. The predicted octanol–water partition coefficient (Wildman–Crippen LogP) is 3.81. The zero-order chi connectivity index (χ0) is 18.1. The van der Waals surface area contributed by atoms with Gasteiger partial charge in [-0.25, -0.2) is 0 Å². The molecule has 0 saturated heterocycles. The van der Waals surface area contributed by atoms with Crippen LogP contribution in [0.3, 0.4) is 0 Å². The van der Waals surface area contributed by atoms with E-state index < -0.39 is 0 Å². The summed E-state index contributed by atoms with van der Waals surface area (Å²) in [7, 11) is 1.57. The third-order valence-electron chi connectivity index (χ3n) is 4.73. The first-order valence-electron chi connectivity index (χ1n) is 9.27. The lowest BCUT2D eigenvalue weighted by atomic mass is 10.0. The smallest absolute Gasteiger partial charge is 0.307 e. The highest BCUT2D eigenvalue weighted by atomic mass is 16.5. The van der Waals surface area contributed by atoms with E-state index in [-0.39, 0.29) is 24.3 Å². The van der Waals surface area contributed by atoms with Crippen molar-refractivity contribution in [2.24, 2.45) is 0 Å². The lowest BCUT2D eigenvalue weighted by Crippen LogP contribution is -2.41. The molecule has 0 radical (unpaired) electrons. The van der Waals surface area contributed by atoms with Crippen molar-refractivity contribution in [3.63, 3.8) is 0 Å². The number of ether oxygens (including phenoxy) is 2. The van der Waals surface area contributed by atoms with Gasteiger partial charge in [-0.05, 0) is 31.9 Å². The standard InChI is InChI=1S/C20H29NO4/c1-3-25-19(22)14-15-21(16-10-6-4-5-7-11-16)20(23)17-12-8-9-13-18(17)24-2/h8-9,12-13,16H,3-7,10-11,14-15H2,1-2H3. The molecule has 0 spiro atoms. The maximum atomic E-state index is 13.2. The van der Waals surface area contributed by atoms with Gasteiger partial charge in [0.05, 0.1) is 25.7 Å². The Kier molecular flexibility index (Phi) is 7.76. The molecule has 5 heteroatoms. The van der Waals surface area contributed by atoms with E-state index in [1.165, 1.54) is 12.8 Å². The quantitative estimate of drug-likeness (QED) is 0.556. The van der Waals surface area contributed by atoms with Crippen LogP contribution in [0.5, 0.6) is 5.75 Å². The molecule has 1 saturated carbocycles. The summed E-state index contributed by atoms with van der Waals surface area (Å²) in [5.74, 6) is 0.254. The van der Waals surface area contributed by atoms with E-state index in [9.17, 15) is 9.59 Å². The molecule has 0 aromatic heterocycles. The number of esters is 1. The highest BCUT2D eigenvalue weighted by Crippen LogP contribution is 2.26. The molecule has 0 N–H and O–H groups in total. The van der Waals surface area contributed by atoms with Crippen LogP contribution in [0, 0.1) is 0 Å². The number of carbonyl (C=O) groups excluding carboxylic acids is 2. The molecule has 5 nitrogen and oxygen atoms in total. The Morgan fingerprint density at radius 2 is 1.80 bits per heavy atom. The van der Waals surface area contributed by atoms with Gasteiger partial charge >= 0.3 is 5.97 Å². The Bertz CT molecular complexity index is 565. The van der Waals surface area contributed by atoms with Crippen molar-refractivity contribution in [2.45, 2.75) is 57.9 Å². The van der Waals surface area contributed by atoms with Gasteiger partial charge in [0.25, 0.3) is 5.91 Å². The number of hydrogen-bond acceptors (Lipinski definition) is 4. The van der Waals surface area contributed by atoms with Gasteiger partial charge < -0.3 is 14.4 Å². The van der Waals surface area contributed by atoms with Crippen LogP contribution in [0.4, 0.5) is 0 Å². The van der Waals surface area contributed by atoms with Crippen LogP contribution in [0.25, 0.3) is 0 Å². The first-order chi connectivity index (χ1) is 12.2. The Labute approximate surface area is 150 Å². The van der Waals surface area contributed by atoms with E-state index in [2.05, 4.69) is 0 Å². The van der Waals surface area contributed by atoms with Crippen LogP contribution in [-0.4, -0.2) is 43.1 Å². The highest BCUT2D eigenvalue weighted by molar-refractivity contribution is 5.97. The first-order valence-corrected chi connectivity index (χ1v) is 9.27. The molecule has 0 atom stereocenters. The fraction of sp³-hybridized carbons (Fsp3) is 0.600. The second-order valence-electron chi connectivity index (χ2n) is 6.40. The minimum absolute atomic E-state index is 0.0614. The zero-order valence-electron chi connectivity index (χ0n) is 15.3. The number of rotatable bonds is 7. The average molecular weight is 347 g/mol. The molecule has 1 fully saturated rings. The third-order valence-corrected chi connectivity index (χ3v) is 4.73. The minimum atomic E-state index is -0.256. The van der Waals surface area contributed by atoms with Crippen molar-refractivity contribution in [2.75, 3.05) is 20.3 Å². The van der Waals surface area contributed by atoms with Crippen LogP contribution in [0.15, 0.2) is 24.3 Å². The molecule has 0 bridgehead atoms. The van der Waals surface area contributed by atoms with E-state index in [1.807, 2.05) is 17.0 Å². The minimum Gasteiger partial charge on any atom is -0.496 e. The lowest BCUT2D eigenvalue weighted by Gasteiger charge is -2.31. The van der Waals surface area contributed by atoms with E-state index in [0.717, 1.165) is 25.7 Å². The number of benzene rings is 1. The number of nitrogens with zero attached hydrogens (tertiary/aromatic N) is 1. The summed E-state index contributed by atoms with van der Waals surface area (Å²) in [6.45, 7) is 2.55. The van der Waals surface area contributed by atoms with Crippen molar-refractivity contribution in [1.29, 1.82) is 0 Å². The zero-order valence-corrected chi connectivity index (χ0v) is 15.3. The summed E-state index contributed by atoms with van der Waals surface area (Å²) in [5, 5.41) is 0. The fourth-order valence-electron chi connectivity index (χ4n) is 3.44. The second-order valence-corrected chi connectivity index (χ2v) is 6.40. The van der Waals surface area contributed by atoms with E-state index in [1.54, 1.807) is 26.2 Å². The van der Waals surface area contributed by atoms with Crippen LogP contribution in [-0.2, 0) is 9.53 Å². The van der Waals surface area contributed by atoms with Gasteiger partial charge in [0, 0.05) is 12.6 Å². The Morgan fingerprint density at radius 1 is 1.12 bits per heavy atom. The summed E-state index contributed by atoms with van der Waals surface area (Å²) in [5.41, 5.74) is 0.554. The van der Waals surface area contributed by atoms with Crippen molar-refractivity contribution in [3.8, 4) is 5.75 Å². The summed E-state index contributed by atoms with van der Waals surface area (Å²) in [6.07, 6.45) is 6.88. The molecule has 0 aliphatic heterocycles. The molecule has 1 amide bonds. The molecular formula is C20H29NO4. The topological polar surface area (TPSA) is 55.8 Å². The molecule has 0 heterocycles.